The smallest absolute Gasteiger partial charge is 0.329 e. The predicted molar refractivity (Wildman–Crippen MR) is 159 cm³/mol. The first-order valence-corrected chi connectivity index (χ1v) is 14.0. The zero-order valence-electron chi connectivity index (χ0n) is 22.2. The van der Waals surface area contributed by atoms with Crippen molar-refractivity contribution in [2.75, 3.05) is 25.5 Å². The summed E-state index contributed by atoms with van der Waals surface area (Å²) >= 11 is 18.6. The molecule has 3 aromatic carbocycles. The van der Waals surface area contributed by atoms with Gasteiger partial charge in [-0.2, -0.15) is 0 Å². The molecule has 1 aliphatic heterocycles. The standard InChI is InChI=1S/C30H30Cl3N3O4/c1-18-5-3-6-22(31)26(18)28(37)35-25(30(39)40-21-13-15-36(2)16-14-21)17-19-9-11-20(12-10-19)34-29(38)27-23(32)7-4-8-24(27)33/h3-12,21,25H,13-17H2,1-2H3,(H,34,38)(H,35,37)/t25-/m0/s1. The lowest BCUT2D eigenvalue weighted by Crippen LogP contribution is -2.46. The number of nitrogens with zero attached hydrogens (tertiary/aromatic N) is 1. The number of piperidine rings is 1. The Bertz CT molecular complexity index is 1350. The summed E-state index contributed by atoms with van der Waals surface area (Å²) in [5, 5.41) is 6.41. The summed E-state index contributed by atoms with van der Waals surface area (Å²) in [6.45, 7) is 3.45. The van der Waals surface area contributed by atoms with Crippen LogP contribution >= 0.6 is 34.8 Å². The van der Waals surface area contributed by atoms with E-state index in [2.05, 4.69) is 15.5 Å². The number of likely N-dealkylation sites (tertiary alicyclic amines) is 1. The lowest BCUT2D eigenvalue weighted by Gasteiger charge is -2.30. The normalized spacial score (nSPS) is 14.8. The predicted octanol–water partition coefficient (Wildman–Crippen LogP) is 6.19. The third-order valence-electron chi connectivity index (χ3n) is 6.83. The molecule has 4 rings (SSSR count). The third-order valence-corrected chi connectivity index (χ3v) is 7.77. The maximum absolute atomic E-state index is 13.3. The molecule has 1 atom stereocenters. The monoisotopic (exact) mass is 601 g/mol. The molecule has 3 aromatic rings. The first-order valence-electron chi connectivity index (χ1n) is 12.9. The second-order valence-corrected chi connectivity index (χ2v) is 11.1. The molecule has 7 nitrogen and oxygen atoms in total. The van der Waals surface area contributed by atoms with E-state index in [1.807, 2.05) is 7.05 Å². The molecule has 2 N–H and O–H groups in total. The van der Waals surface area contributed by atoms with E-state index in [1.54, 1.807) is 67.6 Å². The van der Waals surface area contributed by atoms with Crippen molar-refractivity contribution in [3.63, 3.8) is 0 Å². The Morgan fingerprint density at radius 2 is 1.45 bits per heavy atom. The van der Waals surface area contributed by atoms with Gasteiger partial charge in [-0.1, -0.05) is 65.1 Å². The molecule has 40 heavy (non-hydrogen) atoms. The van der Waals surface area contributed by atoms with E-state index in [9.17, 15) is 14.4 Å². The number of rotatable bonds is 8. The second kappa shape index (κ2) is 13.5. The van der Waals surface area contributed by atoms with Crippen LogP contribution in [0.1, 0.15) is 44.7 Å². The molecule has 0 unspecified atom stereocenters. The SMILES string of the molecule is Cc1cccc(Cl)c1C(=O)N[C@@H](Cc1ccc(NC(=O)c2c(Cl)cccc2Cl)cc1)C(=O)OC1CCN(C)CC1. The second-order valence-electron chi connectivity index (χ2n) is 9.85. The van der Waals surface area contributed by atoms with Gasteiger partial charge in [0.1, 0.15) is 12.1 Å². The zero-order valence-corrected chi connectivity index (χ0v) is 24.4. The van der Waals surface area contributed by atoms with Crippen molar-refractivity contribution >= 4 is 58.3 Å². The molecule has 0 spiro atoms. The van der Waals surface area contributed by atoms with Crippen molar-refractivity contribution < 1.29 is 19.1 Å². The molecule has 1 saturated heterocycles. The number of amides is 2. The Morgan fingerprint density at radius 1 is 0.875 bits per heavy atom. The van der Waals surface area contributed by atoms with Gasteiger partial charge >= 0.3 is 5.97 Å². The summed E-state index contributed by atoms with van der Waals surface area (Å²) < 4.78 is 5.82. The Morgan fingerprint density at radius 3 is 2.05 bits per heavy atom. The van der Waals surface area contributed by atoms with Crippen molar-refractivity contribution in [2.24, 2.45) is 0 Å². The van der Waals surface area contributed by atoms with Gasteiger partial charge in [0.2, 0.25) is 0 Å². The average molecular weight is 603 g/mol. The highest BCUT2D eigenvalue weighted by Gasteiger charge is 2.29. The number of aryl methyl sites for hydroxylation is 1. The van der Waals surface area contributed by atoms with E-state index in [-0.39, 0.29) is 28.1 Å². The van der Waals surface area contributed by atoms with Crippen LogP contribution in [0.2, 0.25) is 15.1 Å². The summed E-state index contributed by atoms with van der Waals surface area (Å²) in [4.78, 5) is 41.4. The minimum Gasteiger partial charge on any atom is -0.461 e. The van der Waals surface area contributed by atoms with Gasteiger partial charge in [-0.15, -0.1) is 0 Å². The van der Waals surface area contributed by atoms with Crippen LogP contribution in [0, 0.1) is 6.92 Å². The quantitative estimate of drug-likeness (QED) is 0.301. The summed E-state index contributed by atoms with van der Waals surface area (Å²) in [5.41, 5.74) is 2.48. The lowest BCUT2D eigenvalue weighted by molar-refractivity contribution is -0.153. The topological polar surface area (TPSA) is 87.7 Å². The minimum absolute atomic E-state index is 0.184. The van der Waals surface area contributed by atoms with E-state index < -0.39 is 23.8 Å². The van der Waals surface area contributed by atoms with Gasteiger partial charge in [0.15, 0.2) is 0 Å². The number of halogens is 3. The molecule has 0 bridgehead atoms. The Hall–Kier alpha value is -3.10. The molecule has 1 heterocycles. The van der Waals surface area contributed by atoms with Gasteiger partial charge in [-0.05, 0) is 68.3 Å². The number of hydrogen-bond acceptors (Lipinski definition) is 5. The van der Waals surface area contributed by atoms with Crippen molar-refractivity contribution in [1.29, 1.82) is 0 Å². The van der Waals surface area contributed by atoms with Gasteiger partial charge in [0, 0.05) is 25.2 Å². The minimum atomic E-state index is -0.940. The van der Waals surface area contributed by atoms with Crippen molar-refractivity contribution in [3.8, 4) is 0 Å². The highest BCUT2D eigenvalue weighted by atomic mass is 35.5. The fourth-order valence-electron chi connectivity index (χ4n) is 4.56. The van der Waals surface area contributed by atoms with Gasteiger partial charge < -0.3 is 20.3 Å². The van der Waals surface area contributed by atoms with Gasteiger partial charge in [0.05, 0.1) is 26.2 Å². The van der Waals surface area contributed by atoms with E-state index in [1.165, 1.54) is 0 Å². The number of carbonyl (C=O) groups excluding carboxylic acids is 3. The summed E-state index contributed by atoms with van der Waals surface area (Å²) in [5.74, 6) is -1.39. The number of benzene rings is 3. The molecule has 1 fully saturated rings. The van der Waals surface area contributed by atoms with E-state index in [4.69, 9.17) is 39.5 Å². The lowest BCUT2D eigenvalue weighted by atomic mass is 10.0. The van der Waals surface area contributed by atoms with Crippen LogP contribution in [0.5, 0.6) is 0 Å². The number of hydrogen-bond donors (Lipinski definition) is 2. The zero-order chi connectivity index (χ0) is 28.8. The summed E-state index contributed by atoms with van der Waals surface area (Å²) in [6, 6.07) is 16.0. The number of anilines is 1. The van der Waals surface area contributed by atoms with Crippen LogP contribution in [0.25, 0.3) is 0 Å². The molecule has 2 amide bonds. The number of ether oxygens (including phenoxy) is 1. The highest BCUT2D eigenvalue weighted by molar-refractivity contribution is 6.40. The molecule has 0 aromatic heterocycles. The summed E-state index contributed by atoms with van der Waals surface area (Å²) in [7, 11) is 2.03. The molecule has 0 saturated carbocycles. The fraction of sp³-hybridized carbons (Fsp3) is 0.300. The van der Waals surface area contributed by atoms with Crippen LogP contribution in [0.4, 0.5) is 5.69 Å². The largest absolute Gasteiger partial charge is 0.461 e. The van der Waals surface area contributed by atoms with E-state index in [0.29, 0.717) is 21.8 Å². The number of carbonyl (C=O) groups is 3. The van der Waals surface area contributed by atoms with Crippen molar-refractivity contribution in [3.05, 3.63) is 98.0 Å². The molecular weight excluding hydrogens is 573 g/mol. The molecule has 1 aliphatic rings. The molecule has 0 radical (unpaired) electrons. The fourth-order valence-corrected chi connectivity index (χ4v) is 5.44. The molecule has 0 aliphatic carbocycles. The number of esters is 1. The first kappa shape index (κ1) is 29.9. The van der Waals surface area contributed by atoms with Gasteiger partial charge in [-0.3, -0.25) is 9.59 Å². The third kappa shape index (κ3) is 7.55. The Labute approximate surface area is 248 Å². The maximum atomic E-state index is 13.3. The van der Waals surface area contributed by atoms with Crippen molar-refractivity contribution in [2.45, 2.75) is 38.3 Å². The van der Waals surface area contributed by atoms with E-state index >= 15 is 0 Å². The molecular formula is C30H30Cl3N3O4. The molecule has 10 heteroatoms. The Balaban J connectivity index is 1.49. The van der Waals surface area contributed by atoms with Crippen LogP contribution < -0.4 is 10.6 Å². The van der Waals surface area contributed by atoms with E-state index in [0.717, 1.165) is 31.5 Å². The Kier molecular flexibility index (Phi) is 10.1. The first-order chi connectivity index (χ1) is 19.1. The van der Waals surface area contributed by atoms with Crippen LogP contribution in [-0.4, -0.2) is 55.0 Å². The highest BCUT2D eigenvalue weighted by Crippen LogP contribution is 2.26. The van der Waals surface area contributed by atoms with Crippen LogP contribution in [-0.2, 0) is 16.0 Å². The van der Waals surface area contributed by atoms with Gasteiger partial charge in [-0.25, -0.2) is 4.79 Å². The summed E-state index contributed by atoms with van der Waals surface area (Å²) in [6.07, 6.45) is 1.44. The average Bonchev–Trinajstić information content (AvgIpc) is 2.90. The van der Waals surface area contributed by atoms with Crippen molar-refractivity contribution in [1.82, 2.24) is 10.2 Å². The van der Waals surface area contributed by atoms with Gasteiger partial charge in [0.25, 0.3) is 11.8 Å². The number of nitrogens with one attached hydrogen (secondary N) is 2. The van der Waals surface area contributed by atoms with Crippen LogP contribution in [0.3, 0.4) is 0 Å². The maximum Gasteiger partial charge on any atom is 0.329 e. The molecule has 210 valence electrons. The van der Waals surface area contributed by atoms with Crippen LogP contribution in [0.15, 0.2) is 60.7 Å².